The second kappa shape index (κ2) is 31.0. The molecule has 0 heterocycles. The van der Waals surface area contributed by atoms with Crippen molar-refractivity contribution in [3.05, 3.63) is 24.3 Å². The van der Waals surface area contributed by atoms with Crippen LogP contribution in [0.25, 0.3) is 0 Å². The molecule has 0 aliphatic carbocycles. The summed E-state index contributed by atoms with van der Waals surface area (Å²) in [4.78, 5) is 22.6. The minimum absolute atomic E-state index is 0.0185. The maximum Gasteiger partial charge on any atom is 0.306 e. The highest BCUT2D eigenvalue weighted by molar-refractivity contribution is 5.69. The van der Waals surface area contributed by atoms with Crippen molar-refractivity contribution in [3.8, 4) is 0 Å². The summed E-state index contributed by atoms with van der Waals surface area (Å²) in [5.41, 5.74) is 0. The van der Waals surface area contributed by atoms with Gasteiger partial charge < -0.3 is 9.84 Å². The van der Waals surface area contributed by atoms with E-state index in [-0.39, 0.29) is 12.1 Å². The molecular formula is C35H64O4. The second-order valence-electron chi connectivity index (χ2n) is 11.5. The summed E-state index contributed by atoms with van der Waals surface area (Å²) in [6.07, 6.45) is 38.8. The molecule has 4 heteroatoms. The van der Waals surface area contributed by atoms with Crippen molar-refractivity contribution in [1.29, 1.82) is 0 Å². The van der Waals surface area contributed by atoms with Crippen molar-refractivity contribution in [3.63, 3.8) is 0 Å². The summed E-state index contributed by atoms with van der Waals surface area (Å²) in [6, 6.07) is 0. The molecule has 228 valence electrons. The number of carboxylic acid groups (broad SMARTS) is 1. The van der Waals surface area contributed by atoms with E-state index in [9.17, 15) is 9.59 Å². The third-order valence-electron chi connectivity index (χ3n) is 7.42. The molecule has 0 saturated carbocycles. The number of carbonyl (C=O) groups excluding carboxylic acids is 1. The van der Waals surface area contributed by atoms with Gasteiger partial charge in [0.1, 0.15) is 0 Å². The SMILES string of the molecule is CCCCC/C=C\C/C=C\CCCCCCCC(=O)OC(C)CCCCCCCCCCCCCCC(=O)O. The molecule has 0 radical (unpaired) electrons. The predicted molar refractivity (Wildman–Crippen MR) is 167 cm³/mol. The highest BCUT2D eigenvalue weighted by atomic mass is 16.5. The largest absolute Gasteiger partial charge is 0.481 e. The molecule has 0 aromatic heterocycles. The Morgan fingerprint density at radius 2 is 1.03 bits per heavy atom. The first-order chi connectivity index (χ1) is 19.1. The van der Waals surface area contributed by atoms with Crippen LogP contribution in [0.1, 0.15) is 181 Å². The molecule has 1 N–H and O–H groups in total. The summed E-state index contributed by atoms with van der Waals surface area (Å²) in [5.74, 6) is -0.691. The molecule has 0 rings (SSSR count). The molecule has 0 amide bonds. The highest BCUT2D eigenvalue weighted by Crippen LogP contribution is 2.15. The first-order valence-corrected chi connectivity index (χ1v) is 16.8. The van der Waals surface area contributed by atoms with Crippen molar-refractivity contribution < 1.29 is 19.4 Å². The smallest absolute Gasteiger partial charge is 0.306 e. The van der Waals surface area contributed by atoms with Crippen LogP contribution in [0.2, 0.25) is 0 Å². The van der Waals surface area contributed by atoms with E-state index in [1.165, 1.54) is 109 Å². The van der Waals surface area contributed by atoms with Gasteiger partial charge in [0.15, 0.2) is 0 Å². The van der Waals surface area contributed by atoms with Crippen LogP contribution in [-0.4, -0.2) is 23.1 Å². The lowest BCUT2D eigenvalue weighted by Crippen LogP contribution is -2.14. The van der Waals surface area contributed by atoms with Crippen LogP contribution < -0.4 is 0 Å². The number of carbonyl (C=O) groups is 2. The zero-order valence-electron chi connectivity index (χ0n) is 25.9. The van der Waals surface area contributed by atoms with Gasteiger partial charge in [-0.15, -0.1) is 0 Å². The Hall–Kier alpha value is -1.58. The van der Waals surface area contributed by atoms with Gasteiger partial charge in [0.2, 0.25) is 0 Å². The molecule has 0 aromatic rings. The van der Waals surface area contributed by atoms with E-state index in [0.29, 0.717) is 12.8 Å². The Kier molecular flexibility index (Phi) is 29.7. The predicted octanol–water partition coefficient (Wildman–Crippen LogP) is 11.3. The number of carboxylic acids is 1. The lowest BCUT2D eigenvalue weighted by Gasteiger charge is -2.13. The monoisotopic (exact) mass is 548 g/mol. The van der Waals surface area contributed by atoms with E-state index in [4.69, 9.17) is 9.84 Å². The van der Waals surface area contributed by atoms with E-state index in [1.807, 2.05) is 6.92 Å². The van der Waals surface area contributed by atoms with Crippen molar-refractivity contribution in [1.82, 2.24) is 0 Å². The zero-order chi connectivity index (χ0) is 28.7. The third-order valence-corrected chi connectivity index (χ3v) is 7.42. The van der Waals surface area contributed by atoms with Crippen molar-refractivity contribution in [2.24, 2.45) is 0 Å². The standard InChI is InChI=1S/C35H64O4/c1-3-4-5-6-7-8-9-10-11-12-17-20-23-26-29-32-35(38)39-33(2)30-27-24-21-18-15-13-14-16-19-22-25-28-31-34(36)37/h7-8,10-11,33H,3-6,9,12-32H2,1-2H3,(H,36,37)/b8-7-,11-10-. The molecule has 1 unspecified atom stereocenters. The fourth-order valence-corrected chi connectivity index (χ4v) is 4.90. The summed E-state index contributed by atoms with van der Waals surface area (Å²) in [7, 11) is 0. The van der Waals surface area contributed by atoms with E-state index in [1.54, 1.807) is 0 Å². The number of aliphatic carboxylic acids is 1. The Bertz CT molecular complexity index is 595. The van der Waals surface area contributed by atoms with Gasteiger partial charge in [-0.25, -0.2) is 0 Å². The number of hydrogen-bond donors (Lipinski definition) is 1. The number of allylic oxidation sites excluding steroid dienone is 4. The Balaban J connectivity index is 3.36. The molecule has 0 aromatic carbocycles. The number of unbranched alkanes of at least 4 members (excludes halogenated alkanes) is 19. The molecule has 4 nitrogen and oxygen atoms in total. The maximum absolute atomic E-state index is 12.1. The lowest BCUT2D eigenvalue weighted by molar-refractivity contribution is -0.148. The summed E-state index contributed by atoms with van der Waals surface area (Å²) < 4.78 is 5.61. The molecular weight excluding hydrogens is 484 g/mol. The third kappa shape index (κ3) is 32.5. The average molecular weight is 549 g/mol. The van der Waals surface area contributed by atoms with Crippen LogP contribution >= 0.6 is 0 Å². The molecule has 0 spiro atoms. The number of esters is 1. The second-order valence-corrected chi connectivity index (χ2v) is 11.5. The Morgan fingerprint density at radius 1 is 0.590 bits per heavy atom. The van der Waals surface area contributed by atoms with E-state index < -0.39 is 5.97 Å². The summed E-state index contributed by atoms with van der Waals surface area (Å²) in [5, 5.41) is 8.63. The van der Waals surface area contributed by atoms with Gasteiger partial charge in [0, 0.05) is 12.8 Å². The van der Waals surface area contributed by atoms with Crippen molar-refractivity contribution in [2.75, 3.05) is 0 Å². The molecule has 0 aliphatic rings. The average Bonchev–Trinajstić information content (AvgIpc) is 2.90. The normalized spacial score (nSPS) is 12.5. The summed E-state index contributed by atoms with van der Waals surface area (Å²) >= 11 is 0. The van der Waals surface area contributed by atoms with Gasteiger partial charge in [-0.3, -0.25) is 9.59 Å². The van der Waals surface area contributed by atoms with Crippen LogP contribution in [0.3, 0.4) is 0 Å². The van der Waals surface area contributed by atoms with Gasteiger partial charge in [-0.2, -0.15) is 0 Å². The fourth-order valence-electron chi connectivity index (χ4n) is 4.90. The van der Waals surface area contributed by atoms with Crippen LogP contribution in [0.5, 0.6) is 0 Å². The summed E-state index contributed by atoms with van der Waals surface area (Å²) in [6.45, 7) is 4.28. The Morgan fingerprint density at radius 3 is 1.54 bits per heavy atom. The number of hydrogen-bond acceptors (Lipinski definition) is 3. The molecule has 39 heavy (non-hydrogen) atoms. The van der Waals surface area contributed by atoms with E-state index >= 15 is 0 Å². The van der Waals surface area contributed by atoms with Crippen molar-refractivity contribution in [2.45, 2.75) is 187 Å². The van der Waals surface area contributed by atoms with Gasteiger partial charge in [-0.1, -0.05) is 128 Å². The zero-order valence-corrected chi connectivity index (χ0v) is 25.9. The minimum Gasteiger partial charge on any atom is -0.481 e. The van der Waals surface area contributed by atoms with Crippen molar-refractivity contribution >= 4 is 11.9 Å². The minimum atomic E-state index is -0.673. The van der Waals surface area contributed by atoms with Crippen LogP contribution in [-0.2, 0) is 14.3 Å². The molecule has 0 fully saturated rings. The van der Waals surface area contributed by atoms with Gasteiger partial charge in [-0.05, 0) is 64.7 Å². The van der Waals surface area contributed by atoms with Crippen LogP contribution in [0.15, 0.2) is 24.3 Å². The van der Waals surface area contributed by atoms with Gasteiger partial charge in [0.25, 0.3) is 0 Å². The Labute approximate surface area is 242 Å². The first kappa shape index (κ1) is 37.4. The maximum atomic E-state index is 12.1. The molecule has 1 atom stereocenters. The number of ether oxygens (including phenoxy) is 1. The molecule has 0 aliphatic heterocycles. The van der Waals surface area contributed by atoms with E-state index in [0.717, 1.165) is 44.9 Å². The lowest BCUT2D eigenvalue weighted by atomic mass is 10.0. The quantitative estimate of drug-likeness (QED) is 0.0550. The fraction of sp³-hybridized carbons (Fsp3) is 0.829. The van der Waals surface area contributed by atoms with Gasteiger partial charge >= 0.3 is 11.9 Å². The van der Waals surface area contributed by atoms with Crippen LogP contribution in [0.4, 0.5) is 0 Å². The van der Waals surface area contributed by atoms with Crippen LogP contribution in [0, 0.1) is 0 Å². The number of rotatable bonds is 30. The van der Waals surface area contributed by atoms with E-state index in [2.05, 4.69) is 31.2 Å². The first-order valence-electron chi connectivity index (χ1n) is 16.8. The molecule has 0 bridgehead atoms. The molecule has 0 saturated heterocycles. The topological polar surface area (TPSA) is 63.6 Å². The van der Waals surface area contributed by atoms with Gasteiger partial charge in [0.05, 0.1) is 6.10 Å². The highest BCUT2D eigenvalue weighted by Gasteiger charge is 2.09.